The topological polar surface area (TPSA) is 50.4 Å². The van der Waals surface area contributed by atoms with Crippen LogP contribution in [0, 0.1) is 0 Å². The van der Waals surface area contributed by atoms with Crippen molar-refractivity contribution in [1.82, 2.24) is 10.6 Å². The van der Waals surface area contributed by atoms with Crippen LogP contribution in [0.3, 0.4) is 0 Å². The largest absolute Gasteiger partial charge is 0.373 e. The number of thiophene rings is 1. The minimum atomic E-state index is -0.0872. The Labute approximate surface area is 147 Å². The van der Waals surface area contributed by atoms with E-state index in [1.165, 1.54) is 11.1 Å². The Balaban J connectivity index is 1.46. The molecule has 1 saturated heterocycles. The molecule has 4 nitrogen and oxygen atoms in total. The molecule has 5 heteroatoms. The van der Waals surface area contributed by atoms with Crippen LogP contribution in [0.5, 0.6) is 0 Å². The Morgan fingerprint density at radius 2 is 2.17 bits per heavy atom. The quantitative estimate of drug-likeness (QED) is 0.859. The second kappa shape index (κ2) is 8.31. The minimum absolute atomic E-state index is 0.0648. The lowest BCUT2D eigenvalue weighted by Crippen LogP contribution is -2.45. The molecule has 0 spiro atoms. The van der Waals surface area contributed by atoms with E-state index in [-0.39, 0.29) is 18.2 Å². The zero-order chi connectivity index (χ0) is 16.8. The van der Waals surface area contributed by atoms with Crippen molar-refractivity contribution in [3.05, 3.63) is 58.3 Å². The third-order valence-corrected chi connectivity index (χ3v) is 5.17. The molecule has 2 aromatic rings. The van der Waals surface area contributed by atoms with Crippen LogP contribution in [-0.2, 0) is 4.74 Å². The van der Waals surface area contributed by atoms with E-state index in [1.807, 2.05) is 18.2 Å². The summed E-state index contributed by atoms with van der Waals surface area (Å²) < 4.78 is 5.85. The fourth-order valence-electron chi connectivity index (χ4n) is 2.98. The molecule has 24 heavy (non-hydrogen) atoms. The second-order valence-corrected chi connectivity index (χ2v) is 7.08. The summed E-state index contributed by atoms with van der Waals surface area (Å²) in [6.07, 6.45) is 1.74. The highest BCUT2D eigenvalue weighted by atomic mass is 32.1. The number of urea groups is 1. The number of rotatable bonds is 5. The van der Waals surface area contributed by atoms with Gasteiger partial charge < -0.3 is 15.4 Å². The molecule has 0 bridgehead atoms. The predicted octanol–water partition coefficient (Wildman–Crippen LogP) is 4.07. The van der Waals surface area contributed by atoms with E-state index in [4.69, 9.17) is 4.74 Å². The van der Waals surface area contributed by atoms with Crippen LogP contribution in [0.1, 0.15) is 42.9 Å². The third kappa shape index (κ3) is 4.58. The van der Waals surface area contributed by atoms with E-state index in [0.717, 1.165) is 12.8 Å². The van der Waals surface area contributed by atoms with E-state index in [2.05, 4.69) is 46.5 Å². The van der Waals surface area contributed by atoms with Crippen molar-refractivity contribution in [2.75, 3.05) is 13.2 Å². The fraction of sp³-hybridized carbons (Fsp3) is 0.421. The van der Waals surface area contributed by atoms with Gasteiger partial charge in [-0.15, -0.1) is 0 Å². The van der Waals surface area contributed by atoms with Gasteiger partial charge in [0.1, 0.15) is 0 Å². The summed E-state index contributed by atoms with van der Waals surface area (Å²) in [5.41, 5.74) is 2.45. The highest BCUT2D eigenvalue weighted by Crippen LogP contribution is 2.27. The number of carbonyl (C=O) groups is 1. The van der Waals surface area contributed by atoms with Gasteiger partial charge in [-0.25, -0.2) is 4.79 Å². The zero-order valence-electron chi connectivity index (χ0n) is 13.9. The summed E-state index contributed by atoms with van der Waals surface area (Å²) >= 11 is 1.69. The van der Waals surface area contributed by atoms with Crippen LogP contribution in [0.4, 0.5) is 4.79 Å². The summed E-state index contributed by atoms with van der Waals surface area (Å²) in [5.74, 6) is 0.328. The van der Waals surface area contributed by atoms with Crippen LogP contribution in [0.15, 0.2) is 47.2 Å². The highest BCUT2D eigenvalue weighted by molar-refractivity contribution is 7.07. The lowest BCUT2D eigenvalue weighted by atomic mass is 9.97. The van der Waals surface area contributed by atoms with E-state index >= 15 is 0 Å². The lowest BCUT2D eigenvalue weighted by Gasteiger charge is -2.30. The van der Waals surface area contributed by atoms with Gasteiger partial charge in [0, 0.05) is 19.2 Å². The first kappa shape index (κ1) is 17.0. The maximum atomic E-state index is 12.2. The monoisotopic (exact) mass is 344 g/mol. The van der Waals surface area contributed by atoms with Crippen LogP contribution in [0.25, 0.3) is 0 Å². The predicted molar refractivity (Wildman–Crippen MR) is 97.4 cm³/mol. The van der Waals surface area contributed by atoms with Crippen molar-refractivity contribution in [3.8, 4) is 0 Å². The summed E-state index contributed by atoms with van der Waals surface area (Å²) in [6, 6.07) is 12.4. The van der Waals surface area contributed by atoms with E-state index in [9.17, 15) is 4.79 Å². The van der Waals surface area contributed by atoms with Crippen molar-refractivity contribution < 1.29 is 9.53 Å². The van der Waals surface area contributed by atoms with Crippen molar-refractivity contribution in [2.24, 2.45) is 0 Å². The standard InChI is InChI=1S/C19H24N2O2S/c1-14(16-8-10-24-13-16)12-20-19(22)21-17-7-9-23-18(11-17)15-5-3-2-4-6-15/h2-6,8,10,13-14,17-18H,7,9,11-12H2,1H3,(H2,20,21,22)/t14-,17+,18+/m1/s1. The summed E-state index contributed by atoms with van der Waals surface area (Å²) in [4.78, 5) is 12.2. The average molecular weight is 344 g/mol. The molecule has 3 atom stereocenters. The molecule has 0 radical (unpaired) electrons. The number of amides is 2. The van der Waals surface area contributed by atoms with Gasteiger partial charge in [0.25, 0.3) is 0 Å². The van der Waals surface area contributed by atoms with Crippen LogP contribution in [-0.4, -0.2) is 25.2 Å². The molecular weight excluding hydrogens is 320 g/mol. The van der Waals surface area contributed by atoms with Crippen LogP contribution >= 0.6 is 11.3 Å². The molecule has 0 saturated carbocycles. The average Bonchev–Trinajstić information content (AvgIpc) is 3.15. The number of carbonyl (C=O) groups excluding carboxylic acids is 1. The summed E-state index contributed by atoms with van der Waals surface area (Å²) in [7, 11) is 0. The molecule has 1 aliphatic rings. The SMILES string of the molecule is C[C@H](CNC(=O)N[C@H]1CCO[C@H](c2ccccc2)C1)c1ccsc1. The van der Waals surface area contributed by atoms with Crippen molar-refractivity contribution in [3.63, 3.8) is 0 Å². The Kier molecular flexibility index (Phi) is 5.88. The second-order valence-electron chi connectivity index (χ2n) is 6.30. The molecule has 0 unspecified atom stereocenters. The molecule has 2 heterocycles. The number of benzene rings is 1. The van der Waals surface area contributed by atoms with E-state index in [1.54, 1.807) is 11.3 Å². The van der Waals surface area contributed by atoms with Gasteiger partial charge in [0.2, 0.25) is 0 Å². The highest BCUT2D eigenvalue weighted by Gasteiger charge is 2.25. The maximum absolute atomic E-state index is 12.2. The van der Waals surface area contributed by atoms with Crippen molar-refractivity contribution in [2.45, 2.75) is 37.8 Å². The molecule has 2 amide bonds. The van der Waals surface area contributed by atoms with Crippen LogP contribution < -0.4 is 10.6 Å². The fourth-order valence-corrected chi connectivity index (χ4v) is 3.77. The molecule has 2 N–H and O–H groups in total. The molecule has 1 fully saturated rings. The van der Waals surface area contributed by atoms with Gasteiger partial charge in [-0.1, -0.05) is 37.3 Å². The summed E-state index contributed by atoms with van der Waals surface area (Å²) in [6.45, 7) is 3.45. The van der Waals surface area contributed by atoms with Crippen LogP contribution in [0.2, 0.25) is 0 Å². The van der Waals surface area contributed by atoms with E-state index < -0.39 is 0 Å². The van der Waals surface area contributed by atoms with Crippen molar-refractivity contribution in [1.29, 1.82) is 0 Å². The lowest BCUT2D eigenvalue weighted by molar-refractivity contribution is 0.00226. The molecule has 128 valence electrons. The van der Waals surface area contributed by atoms with Gasteiger partial charge in [-0.2, -0.15) is 11.3 Å². The number of ether oxygens (including phenoxy) is 1. The minimum Gasteiger partial charge on any atom is -0.373 e. The third-order valence-electron chi connectivity index (χ3n) is 4.47. The smallest absolute Gasteiger partial charge is 0.315 e. The number of hydrogen-bond donors (Lipinski definition) is 2. The Morgan fingerprint density at radius 1 is 1.33 bits per heavy atom. The first-order valence-electron chi connectivity index (χ1n) is 8.45. The number of hydrogen-bond acceptors (Lipinski definition) is 3. The first-order chi connectivity index (χ1) is 11.7. The molecule has 1 aromatic carbocycles. The first-order valence-corrected chi connectivity index (χ1v) is 9.39. The van der Waals surface area contributed by atoms with Gasteiger partial charge in [-0.3, -0.25) is 0 Å². The molecule has 1 aliphatic heterocycles. The molecular formula is C19H24N2O2S. The maximum Gasteiger partial charge on any atom is 0.315 e. The van der Waals surface area contributed by atoms with Crippen molar-refractivity contribution >= 4 is 17.4 Å². The molecule has 1 aromatic heterocycles. The molecule has 0 aliphatic carbocycles. The Hall–Kier alpha value is -1.85. The van der Waals surface area contributed by atoms with Gasteiger partial charge in [0.05, 0.1) is 6.10 Å². The van der Waals surface area contributed by atoms with E-state index in [0.29, 0.717) is 19.1 Å². The number of nitrogens with one attached hydrogen (secondary N) is 2. The van der Waals surface area contributed by atoms with Gasteiger partial charge in [-0.05, 0) is 46.7 Å². The summed E-state index contributed by atoms with van der Waals surface area (Å²) in [5, 5.41) is 10.3. The Bertz CT molecular complexity index is 630. The normalized spacial score (nSPS) is 21.9. The molecule has 3 rings (SSSR count). The zero-order valence-corrected chi connectivity index (χ0v) is 14.7. The van der Waals surface area contributed by atoms with Gasteiger partial charge >= 0.3 is 6.03 Å². The van der Waals surface area contributed by atoms with Gasteiger partial charge in [0.15, 0.2) is 0 Å². The Morgan fingerprint density at radius 3 is 2.92 bits per heavy atom.